The topological polar surface area (TPSA) is 0 Å². The van der Waals surface area contributed by atoms with Gasteiger partial charge in [-0.3, -0.25) is 0 Å². The molecule has 0 heterocycles. The van der Waals surface area contributed by atoms with Crippen molar-refractivity contribution < 1.29 is 0 Å². The molecule has 0 aromatic heterocycles. The van der Waals surface area contributed by atoms with E-state index in [1.807, 2.05) is 0 Å². The van der Waals surface area contributed by atoms with Crippen LogP contribution >= 0.6 is 0 Å². The van der Waals surface area contributed by atoms with Crippen LogP contribution in [0.2, 0.25) is 0 Å². The third-order valence-corrected chi connectivity index (χ3v) is 19.4. The zero-order valence-corrected chi connectivity index (χ0v) is 45.4. The first-order valence-corrected chi connectivity index (χ1v) is 29.2. The van der Waals surface area contributed by atoms with Crippen molar-refractivity contribution in [2.45, 2.75) is 87.9 Å². The Morgan fingerprint density at radius 2 is 0.500 bits per heavy atom. The summed E-state index contributed by atoms with van der Waals surface area (Å²) >= 11 is 0. The average Bonchev–Trinajstić information content (AvgIpc) is 1.59. The lowest BCUT2D eigenvalue weighted by atomic mass is 9.30. The Bertz CT molecular complexity index is 3760. The number of benzene rings is 8. The molecule has 8 fully saturated rings. The molecule has 382 valence electrons. The molecule has 0 spiro atoms. The summed E-state index contributed by atoms with van der Waals surface area (Å²) < 4.78 is 0. The monoisotopic (exact) mass is 1020 g/mol. The van der Waals surface area contributed by atoms with E-state index in [1.165, 1.54) is 88.2 Å². The quantitative estimate of drug-likeness (QED) is 0.155. The molecule has 0 heteroatoms. The fourth-order valence-corrected chi connectivity index (χ4v) is 17.1. The van der Waals surface area contributed by atoms with Gasteiger partial charge < -0.3 is 0 Å². The summed E-state index contributed by atoms with van der Waals surface area (Å²) in [6.07, 6.45) is 15.2. The summed E-state index contributed by atoms with van der Waals surface area (Å²) in [4.78, 5) is 0. The van der Waals surface area contributed by atoms with E-state index in [0.717, 1.165) is 66.8 Å². The summed E-state index contributed by atoms with van der Waals surface area (Å²) in [6, 6.07) is 72.2. The molecule has 8 aromatic rings. The third kappa shape index (κ3) is 9.67. The van der Waals surface area contributed by atoms with Crippen molar-refractivity contribution in [3.63, 3.8) is 0 Å². The van der Waals surface area contributed by atoms with Gasteiger partial charge >= 0.3 is 0 Å². The standard InChI is InChI=1S/C80H62/c1-7-19-59(20-8-1)31-33-65-45-71(39-35-61-23-11-3-12-24-61)73(41-37-63-27-15-5-16-28-63)75(47-65)77-49-67-43-68(50-77)54-79(53-67,57-77)80-55-69-44-70(56-80)52-78(51-69,58-80)76-48-66(34-32-60-21-9-2-10-22-60)46-72(40-36-62-25-13-4-14-26-62)74(76)42-38-64-29-17-6-18-30-64/h1-30,45-48,67-70H,43-44,49-58H2. The Morgan fingerprint density at radius 3 is 0.787 bits per heavy atom. The Kier molecular flexibility index (Phi) is 12.8. The lowest BCUT2D eigenvalue weighted by Crippen LogP contribution is -2.66. The van der Waals surface area contributed by atoms with Crippen LogP contribution in [0.1, 0.15) is 155 Å². The largest absolute Gasteiger partial charge is 0.0622 e. The van der Waals surface area contributed by atoms with Crippen LogP contribution in [-0.2, 0) is 10.8 Å². The van der Waals surface area contributed by atoms with Crippen LogP contribution in [0.3, 0.4) is 0 Å². The molecule has 8 bridgehead atoms. The van der Waals surface area contributed by atoms with E-state index in [0.29, 0.717) is 23.7 Å². The molecule has 80 heavy (non-hydrogen) atoms. The van der Waals surface area contributed by atoms with E-state index >= 15 is 0 Å². The van der Waals surface area contributed by atoms with Crippen molar-refractivity contribution in [1.82, 2.24) is 0 Å². The van der Waals surface area contributed by atoms with Crippen LogP contribution < -0.4 is 0 Å². The van der Waals surface area contributed by atoms with Crippen LogP contribution in [0.15, 0.2) is 206 Å². The van der Waals surface area contributed by atoms with Crippen LogP contribution in [0.5, 0.6) is 0 Å². The van der Waals surface area contributed by atoms with Gasteiger partial charge in [-0.2, -0.15) is 0 Å². The average molecular weight is 1020 g/mol. The minimum absolute atomic E-state index is 0.0473. The molecule has 8 saturated carbocycles. The second-order valence-corrected chi connectivity index (χ2v) is 24.6. The summed E-state index contributed by atoms with van der Waals surface area (Å²) in [5.74, 6) is 46.9. The van der Waals surface area contributed by atoms with Gasteiger partial charge in [0.1, 0.15) is 0 Å². The van der Waals surface area contributed by atoms with Gasteiger partial charge in [-0.15, -0.1) is 0 Å². The molecule has 8 aliphatic carbocycles. The predicted octanol–water partition coefficient (Wildman–Crippen LogP) is 16.5. The van der Waals surface area contributed by atoms with E-state index in [9.17, 15) is 0 Å². The molecule has 0 N–H and O–H groups in total. The smallest absolute Gasteiger partial charge is 0.0444 e. The number of hydrogen-bond donors (Lipinski definition) is 0. The van der Waals surface area contributed by atoms with E-state index in [-0.39, 0.29) is 21.7 Å². The van der Waals surface area contributed by atoms with E-state index in [2.05, 4.69) is 277 Å². The minimum Gasteiger partial charge on any atom is -0.0622 e. The van der Waals surface area contributed by atoms with Crippen molar-refractivity contribution in [3.05, 3.63) is 284 Å². The molecule has 16 rings (SSSR count). The minimum atomic E-state index is -0.0473. The molecule has 0 saturated heterocycles. The van der Waals surface area contributed by atoms with Crippen molar-refractivity contribution in [3.8, 4) is 71.0 Å². The summed E-state index contributed by atoms with van der Waals surface area (Å²) in [5.41, 5.74) is 15.4. The normalized spacial score (nSPS) is 25.8. The highest BCUT2D eigenvalue weighted by Gasteiger charge is 2.70. The highest BCUT2D eigenvalue weighted by Crippen LogP contribution is 2.79. The molecule has 0 aliphatic heterocycles. The Morgan fingerprint density at radius 1 is 0.250 bits per heavy atom. The Balaban J connectivity index is 0.935. The second kappa shape index (κ2) is 20.7. The molecule has 4 atom stereocenters. The Labute approximate surface area is 474 Å². The van der Waals surface area contributed by atoms with E-state index < -0.39 is 0 Å². The Hall–Kier alpha value is -8.88. The maximum Gasteiger partial charge on any atom is 0.0444 e. The summed E-state index contributed by atoms with van der Waals surface area (Å²) in [6.45, 7) is 0. The van der Waals surface area contributed by atoms with Crippen molar-refractivity contribution >= 4 is 0 Å². The van der Waals surface area contributed by atoms with Crippen molar-refractivity contribution in [2.75, 3.05) is 0 Å². The maximum atomic E-state index is 3.88. The van der Waals surface area contributed by atoms with Gasteiger partial charge in [-0.1, -0.05) is 180 Å². The van der Waals surface area contributed by atoms with E-state index in [4.69, 9.17) is 0 Å². The van der Waals surface area contributed by atoms with E-state index in [1.54, 1.807) is 0 Å². The van der Waals surface area contributed by atoms with Crippen LogP contribution in [0.4, 0.5) is 0 Å². The fourth-order valence-electron chi connectivity index (χ4n) is 17.1. The zero-order valence-electron chi connectivity index (χ0n) is 45.4. The highest BCUT2D eigenvalue weighted by atomic mass is 14.7. The maximum absolute atomic E-state index is 3.88. The second-order valence-electron chi connectivity index (χ2n) is 24.6. The number of rotatable bonds is 3. The fraction of sp³-hybridized carbons (Fsp3) is 0.250. The summed E-state index contributed by atoms with van der Waals surface area (Å²) in [7, 11) is 0. The first-order valence-electron chi connectivity index (χ1n) is 29.2. The first kappa shape index (κ1) is 49.4. The lowest BCUT2D eigenvalue weighted by Gasteiger charge is -2.74. The van der Waals surface area contributed by atoms with Crippen LogP contribution in [-0.4, -0.2) is 0 Å². The van der Waals surface area contributed by atoms with Gasteiger partial charge in [-0.25, -0.2) is 0 Å². The lowest BCUT2D eigenvalue weighted by molar-refractivity contribution is -0.212. The number of hydrogen-bond acceptors (Lipinski definition) is 0. The molecule has 0 amide bonds. The molecule has 0 nitrogen and oxygen atoms in total. The molecule has 8 aliphatic rings. The van der Waals surface area contributed by atoms with Gasteiger partial charge in [0.15, 0.2) is 0 Å². The summed E-state index contributed by atoms with van der Waals surface area (Å²) in [5, 5.41) is 0. The SMILES string of the molecule is C(#Cc1cc(C#Cc2ccccc2)c(C#Cc2ccccc2)c(C23CC4CC(C2)CC(C25CC6CC(CC(c7cc(C#Cc8ccccc8)cc(C#Cc8ccccc8)c7C#Cc7ccccc7)(C6)C2)C5)(C4)C3)c1)c1ccccc1. The molecule has 8 aromatic carbocycles. The molecular weight excluding hydrogens is 961 g/mol. The predicted molar refractivity (Wildman–Crippen MR) is 325 cm³/mol. The van der Waals surface area contributed by atoms with Gasteiger partial charge in [0.05, 0.1) is 0 Å². The van der Waals surface area contributed by atoms with Gasteiger partial charge in [0.25, 0.3) is 0 Å². The molecular formula is C80H62. The van der Waals surface area contributed by atoms with Gasteiger partial charge in [0.2, 0.25) is 0 Å². The van der Waals surface area contributed by atoms with Gasteiger partial charge in [-0.05, 0) is 231 Å². The third-order valence-electron chi connectivity index (χ3n) is 19.4. The van der Waals surface area contributed by atoms with Gasteiger partial charge in [0, 0.05) is 66.8 Å². The molecule has 4 unspecified atom stereocenters. The zero-order chi connectivity index (χ0) is 53.4. The van der Waals surface area contributed by atoms with Crippen LogP contribution in [0.25, 0.3) is 0 Å². The van der Waals surface area contributed by atoms with Crippen molar-refractivity contribution in [2.24, 2.45) is 34.5 Å². The first-order chi connectivity index (χ1) is 39.4. The van der Waals surface area contributed by atoms with Crippen molar-refractivity contribution in [1.29, 1.82) is 0 Å². The van der Waals surface area contributed by atoms with Crippen LogP contribution in [0, 0.1) is 106 Å². The highest BCUT2D eigenvalue weighted by molar-refractivity contribution is 5.66. The molecule has 0 radical (unpaired) electrons.